The first-order valence-corrected chi connectivity index (χ1v) is 4.20. The summed E-state index contributed by atoms with van der Waals surface area (Å²) in [6, 6.07) is 0.567. The van der Waals surface area contributed by atoms with Gasteiger partial charge in [-0.25, -0.2) is 0 Å². The molecule has 1 fully saturated rings. The molecule has 2 unspecified atom stereocenters. The number of nitrogens with two attached hydrogens (primary N) is 1. The number of carbonyl (C=O) groups excluding carboxylic acids is 1. The molecule has 0 spiro atoms. The Morgan fingerprint density at radius 2 is 2.36 bits per heavy atom. The van der Waals surface area contributed by atoms with Gasteiger partial charge in [-0.3, -0.25) is 4.79 Å². The van der Waals surface area contributed by atoms with Crippen molar-refractivity contribution in [2.24, 2.45) is 11.7 Å². The number of carbonyl (C=O) groups is 1. The molecule has 0 aromatic heterocycles. The Hall–Kier alpha value is -0.410. The predicted octanol–water partition coefficient (Wildman–Crippen LogP) is -0.0977. The zero-order chi connectivity index (χ0) is 8.27. The van der Waals surface area contributed by atoms with Crippen molar-refractivity contribution in [3.05, 3.63) is 0 Å². The van der Waals surface area contributed by atoms with Crippen molar-refractivity contribution in [2.45, 2.75) is 25.8 Å². The summed E-state index contributed by atoms with van der Waals surface area (Å²) in [6.45, 7) is 3.15. The van der Waals surface area contributed by atoms with Crippen LogP contribution in [0.3, 0.4) is 0 Å². The maximum atomic E-state index is 11.1. The Morgan fingerprint density at radius 1 is 1.64 bits per heavy atom. The number of rotatable bonds is 2. The van der Waals surface area contributed by atoms with E-state index in [1.807, 2.05) is 0 Å². The molecule has 0 saturated carbocycles. The molecule has 11 heavy (non-hydrogen) atoms. The molecular formula is C8H16N2O. The minimum Gasteiger partial charge on any atom is -0.324 e. The summed E-state index contributed by atoms with van der Waals surface area (Å²) >= 11 is 0. The summed E-state index contributed by atoms with van der Waals surface area (Å²) in [7, 11) is 0. The smallest absolute Gasteiger partial charge is 0.150 e. The maximum absolute atomic E-state index is 11.1. The zero-order valence-corrected chi connectivity index (χ0v) is 6.97. The minimum atomic E-state index is 0.177. The van der Waals surface area contributed by atoms with E-state index in [0.29, 0.717) is 6.04 Å². The number of Topliss-reactive ketones (excluding diaryl/α,β-unsaturated/α-hetero) is 1. The van der Waals surface area contributed by atoms with Crippen molar-refractivity contribution < 1.29 is 4.79 Å². The summed E-state index contributed by atoms with van der Waals surface area (Å²) < 4.78 is 0. The molecule has 1 rings (SSSR count). The topological polar surface area (TPSA) is 55.1 Å². The number of nitrogens with one attached hydrogen (secondary N) is 1. The van der Waals surface area contributed by atoms with Gasteiger partial charge in [-0.1, -0.05) is 0 Å². The molecule has 1 aliphatic heterocycles. The number of hydrogen-bond donors (Lipinski definition) is 2. The van der Waals surface area contributed by atoms with Gasteiger partial charge in [-0.2, -0.15) is 0 Å². The number of piperidine rings is 1. The van der Waals surface area contributed by atoms with E-state index in [1.165, 1.54) is 0 Å². The van der Waals surface area contributed by atoms with Crippen LogP contribution in [-0.4, -0.2) is 24.9 Å². The van der Waals surface area contributed by atoms with Crippen LogP contribution >= 0.6 is 0 Å². The average molecular weight is 156 g/mol. The van der Waals surface area contributed by atoms with Crippen molar-refractivity contribution in [3.8, 4) is 0 Å². The minimum absolute atomic E-state index is 0.177. The molecule has 0 aromatic rings. The highest BCUT2D eigenvalue weighted by atomic mass is 16.1. The van der Waals surface area contributed by atoms with Crippen LogP contribution in [0.15, 0.2) is 0 Å². The van der Waals surface area contributed by atoms with Crippen molar-refractivity contribution in [3.63, 3.8) is 0 Å². The lowest BCUT2D eigenvalue weighted by atomic mass is 9.92. The summed E-state index contributed by atoms with van der Waals surface area (Å²) in [5.41, 5.74) is 5.26. The third-order valence-corrected chi connectivity index (χ3v) is 2.32. The molecule has 1 heterocycles. The van der Waals surface area contributed by atoms with Gasteiger partial charge in [-0.05, 0) is 19.8 Å². The molecule has 1 saturated heterocycles. The summed E-state index contributed by atoms with van der Waals surface area (Å²) in [5, 5.41) is 3.27. The lowest BCUT2D eigenvalue weighted by molar-refractivity contribution is -0.122. The summed E-state index contributed by atoms with van der Waals surface area (Å²) in [4.78, 5) is 11.1. The molecule has 0 amide bonds. The Morgan fingerprint density at radius 3 is 2.82 bits per heavy atom. The largest absolute Gasteiger partial charge is 0.324 e. The Kier molecular flexibility index (Phi) is 3.02. The summed E-state index contributed by atoms with van der Waals surface area (Å²) in [5.74, 6) is 0.376. The third-order valence-electron chi connectivity index (χ3n) is 2.32. The van der Waals surface area contributed by atoms with Gasteiger partial charge in [0.05, 0.1) is 6.54 Å². The Bertz CT molecular complexity index is 139. The molecule has 0 aromatic carbocycles. The average Bonchev–Trinajstić information content (AvgIpc) is 2.05. The van der Waals surface area contributed by atoms with Gasteiger partial charge in [0.15, 0.2) is 5.78 Å². The van der Waals surface area contributed by atoms with Gasteiger partial charge < -0.3 is 11.1 Å². The molecule has 0 aliphatic carbocycles. The fourth-order valence-electron chi connectivity index (χ4n) is 1.44. The first-order valence-electron chi connectivity index (χ1n) is 4.20. The van der Waals surface area contributed by atoms with E-state index in [2.05, 4.69) is 12.2 Å². The predicted molar refractivity (Wildman–Crippen MR) is 44.3 cm³/mol. The van der Waals surface area contributed by atoms with Crippen molar-refractivity contribution in [1.29, 1.82) is 0 Å². The van der Waals surface area contributed by atoms with Crippen molar-refractivity contribution in [1.82, 2.24) is 5.32 Å². The second-order valence-corrected chi connectivity index (χ2v) is 3.25. The van der Waals surface area contributed by atoms with E-state index in [4.69, 9.17) is 5.73 Å². The zero-order valence-electron chi connectivity index (χ0n) is 6.97. The molecule has 0 radical (unpaired) electrons. The number of hydrogen-bond acceptors (Lipinski definition) is 3. The monoisotopic (exact) mass is 156 g/mol. The standard InChI is InChI=1S/C8H16N2O/c1-6-2-3-7(5-10-6)8(11)4-9/h6-7,10H,2-5,9H2,1H3. The molecule has 0 bridgehead atoms. The summed E-state index contributed by atoms with van der Waals surface area (Å²) in [6.07, 6.45) is 2.10. The highest BCUT2D eigenvalue weighted by Gasteiger charge is 2.22. The fraction of sp³-hybridized carbons (Fsp3) is 0.875. The highest BCUT2D eigenvalue weighted by molar-refractivity contribution is 5.83. The molecule has 3 nitrogen and oxygen atoms in total. The van der Waals surface area contributed by atoms with Crippen LogP contribution < -0.4 is 11.1 Å². The van der Waals surface area contributed by atoms with Crippen LogP contribution in [0.25, 0.3) is 0 Å². The van der Waals surface area contributed by atoms with E-state index >= 15 is 0 Å². The van der Waals surface area contributed by atoms with Gasteiger partial charge >= 0.3 is 0 Å². The maximum Gasteiger partial charge on any atom is 0.150 e. The van der Waals surface area contributed by atoms with Crippen LogP contribution in [0, 0.1) is 5.92 Å². The lowest BCUT2D eigenvalue weighted by Crippen LogP contribution is -2.41. The second kappa shape index (κ2) is 3.83. The van der Waals surface area contributed by atoms with Gasteiger partial charge in [0, 0.05) is 18.5 Å². The molecule has 64 valence electrons. The van der Waals surface area contributed by atoms with Crippen LogP contribution in [0.2, 0.25) is 0 Å². The van der Waals surface area contributed by atoms with Gasteiger partial charge in [0.2, 0.25) is 0 Å². The van der Waals surface area contributed by atoms with Crippen molar-refractivity contribution >= 4 is 5.78 Å². The van der Waals surface area contributed by atoms with E-state index < -0.39 is 0 Å². The first-order chi connectivity index (χ1) is 5.24. The van der Waals surface area contributed by atoms with E-state index in [9.17, 15) is 4.79 Å². The molecule has 1 aliphatic rings. The molecule has 3 N–H and O–H groups in total. The van der Waals surface area contributed by atoms with Gasteiger partial charge in [0.25, 0.3) is 0 Å². The second-order valence-electron chi connectivity index (χ2n) is 3.25. The van der Waals surface area contributed by atoms with E-state index in [1.54, 1.807) is 0 Å². The first kappa shape index (κ1) is 8.68. The van der Waals surface area contributed by atoms with Gasteiger partial charge in [-0.15, -0.1) is 0 Å². The molecule has 3 heteroatoms. The van der Waals surface area contributed by atoms with Crippen LogP contribution in [0.5, 0.6) is 0 Å². The van der Waals surface area contributed by atoms with Crippen LogP contribution in [0.4, 0.5) is 0 Å². The highest BCUT2D eigenvalue weighted by Crippen LogP contribution is 2.14. The Balaban J connectivity index is 2.33. The lowest BCUT2D eigenvalue weighted by Gasteiger charge is -2.26. The normalized spacial score (nSPS) is 31.8. The third kappa shape index (κ3) is 2.27. The molecular weight excluding hydrogens is 140 g/mol. The Labute approximate surface area is 67.3 Å². The van der Waals surface area contributed by atoms with Gasteiger partial charge in [0.1, 0.15) is 0 Å². The van der Waals surface area contributed by atoms with E-state index in [0.717, 1.165) is 19.4 Å². The molecule has 2 atom stereocenters. The van der Waals surface area contributed by atoms with E-state index in [-0.39, 0.29) is 18.2 Å². The quantitative estimate of drug-likeness (QED) is 0.587. The van der Waals surface area contributed by atoms with Crippen molar-refractivity contribution in [2.75, 3.05) is 13.1 Å². The SMILES string of the molecule is CC1CCC(C(=O)CN)CN1. The fourth-order valence-corrected chi connectivity index (χ4v) is 1.44. The number of ketones is 1. The van der Waals surface area contributed by atoms with Crippen LogP contribution in [-0.2, 0) is 4.79 Å². The van der Waals surface area contributed by atoms with Crippen LogP contribution in [0.1, 0.15) is 19.8 Å².